The molecule has 0 unspecified atom stereocenters. The van der Waals surface area contributed by atoms with Crippen LogP contribution in [0.2, 0.25) is 0 Å². The van der Waals surface area contributed by atoms with Gasteiger partial charge in [0.25, 0.3) is 5.91 Å². The number of aryl methyl sites for hydroxylation is 2. The summed E-state index contributed by atoms with van der Waals surface area (Å²) in [6.07, 6.45) is 0.642. The highest BCUT2D eigenvalue weighted by Crippen LogP contribution is 2.61. The number of rotatable bonds is 11. The van der Waals surface area contributed by atoms with Crippen LogP contribution in [-0.4, -0.2) is 98.8 Å². The maximum Gasteiger partial charge on any atom is 0.254 e. The Bertz CT molecular complexity index is 2110. The van der Waals surface area contributed by atoms with Gasteiger partial charge < -0.3 is 24.6 Å². The average molecular weight is 806 g/mol. The second-order valence-electron chi connectivity index (χ2n) is 18.0. The monoisotopic (exact) mass is 805 g/mol. The molecule has 0 aromatic heterocycles. The third kappa shape index (κ3) is 8.78. The molecule has 0 radical (unpaired) electrons. The van der Waals surface area contributed by atoms with E-state index in [1.807, 2.05) is 50.2 Å². The molecule has 2 atom stereocenters. The van der Waals surface area contributed by atoms with Crippen molar-refractivity contribution in [2.75, 3.05) is 62.2 Å². The lowest BCUT2D eigenvalue weighted by molar-refractivity contribution is -0.196. The van der Waals surface area contributed by atoms with Crippen LogP contribution in [0.5, 0.6) is 5.75 Å². The summed E-state index contributed by atoms with van der Waals surface area (Å²) < 4.78 is 27.9. The number of Topliss-reactive ketones (excluding diaryl/α,β-unsaturated/α-hetero) is 3. The van der Waals surface area contributed by atoms with Gasteiger partial charge in [-0.15, -0.1) is 0 Å². The molecule has 2 saturated heterocycles. The summed E-state index contributed by atoms with van der Waals surface area (Å²) in [7, 11) is 0. The highest BCUT2D eigenvalue weighted by atomic mass is 19.1. The van der Waals surface area contributed by atoms with Crippen molar-refractivity contribution in [2.24, 2.45) is 16.7 Å². The second kappa shape index (κ2) is 16.9. The first-order valence-electron chi connectivity index (χ1n) is 20.8. The van der Waals surface area contributed by atoms with Crippen LogP contribution in [0.25, 0.3) is 0 Å². The number of nitrogens with zero attached hydrogens (tertiary/aromatic N) is 4. The van der Waals surface area contributed by atoms with Crippen LogP contribution in [-0.2, 0) is 14.3 Å². The number of hydrogen-bond acceptors (Lipinski definition) is 10. The zero-order valence-electron chi connectivity index (χ0n) is 35.1. The Balaban J connectivity index is 0.879. The zero-order chi connectivity index (χ0) is 42.2. The number of benzene rings is 3. The smallest absolute Gasteiger partial charge is 0.254 e. The third-order valence-electron chi connectivity index (χ3n) is 13.3. The molecule has 2 saturated carbocycles. The van der Waals surface area contributed by atoms with E-state index in [4.69, 9.17) is 9.47 Å². The highest BCUT2D eigenvalue weighted by Gasteiger charge is 2.63. The van der Waals surface area contributed by atoms with E-state index in [-0.39, 0.29) is 71.1 Å². The summed E-state index contributed by atoms with van der Waals surface area (Å²) >= 11 is 0. The van der Waals surface area contributed by atoms with Gasteiger partial charge in [-0.1, -0.05) is 27.7 Å². The van der Waals surface area contributed by atoms with Crippen molar-refractivity contribution in [1.82, 2.24) is 10.2 Å². The summed E-state index contributed by atoms with van der Waals surface area (Å²) in [5.41, 5.74) is 4.38. The first kappa shape index (κ1) is 42.0. The molecule has 4 aliphatic rings. The summed E-state index contributed by atoms with van der Waals surface area (Å²) in [5, 5.41) is 12.1. The Hall–Kier alpha value is -5.12. The van der Waals surface area contributed by atoms with Crippen LogP contribution in [0, 0.1) is 47.7 Å². The summed E-state index contributed by atoms with van der Waals surface area (Å²) in [5.74, 6) is -0.748. The van der Waals surface area contributed by atoms with E-state index in [0.717, 1.165) is 55.3 Å². The minimum absolute atomic E-state index is 0.0105. The number of carbonyl (C=O) groups is 4. The Morgan fingerprint density at radius 3 is 2.20 bits per heavy atom. The number of morpholine rings is 1. The van der Waals surface area contributed by atoms with Gasteiger partial charge in [-0.05, 0) is 91.9 Å². The van der Waals surface area contributed by atoms with Crippen molar-refractivity contribution in [3.8, 4) is 11.8 Å². The van der Waals surface area contributed by atoms with E-state index in [9.17, 15) is 24.4 Å². The van der Waals surface area contributed by atoms with Crippen LogP contribution in [0.1, 0.15) is 90.8 Å². The number of carbonyl (C=O) groups excluding carboxylic acids is 4. The second-order valence-corrected chi connectivity index (χ2v) is 18.0. The van der Waals surface area contributed by atoms with Gasteiger partial charge in [-0.3, -0.25) is 24.1 Å². The van der Waals surface area contributed by atoms with Crippen molar-refractivity contribution in [2.45, 2.75) is 85.5 Å². The number of ketones is 3. The molecule has 11 nitrogen and oxygen atoms in total. The molecule has 2 aliphatic carbocycles. The van der Waals surface area contributed by atoms with Crippen LogP contribution in [0.3, 0.4) is 0 Å². The van der Waals surface area contributed by atoms with Gasteiger partial charge in [0.1, 0.15) is 23.5 Å². The minimum atomic E-state index is -0.763. The summed E-state index contributed by atoms with van der Waals surface area (Å²) in [6.45, 7) is 18.4. The summed E-state index contributed by atoms with van der Waals surface area (Å²) in [6, 6.07) is 17.9. The minimum Gasteiger partial charge on any atom is -0.489 e. The first-order chi connectivity index (χ1) is 28.0. The van der Waals surface area contributed by atoms with Crippen molar-refractivity contribution >= 4 is 34.6 Å². The molecule has 0 spiro atoms. The van der Waals surface area contributed by atoms with Crippen molar-refractivity contribution in [3.63, 3.8) is 0 Å². The van der Waals surface area contributed by atoms with Crippen LogP contribution < -0.4 is 19.9 Å². The lowest BCUT2D eigenvalue weighted by Gasteiger charge is -2.63. The molecule has 4 fully saturated rings. The molecule has 1 N–H and O–H groups in total. The van der Waals surface area contributed by atoms with Crippen LogP contribution in [0.15, 0.2) is 54.6 Å². The predicted molar refractivity (Wildman–Crippen MR) is 224 cm³/mol. The molecule has 7 rings (SSSR count). The van der Waals surface area contributed by atoms with E-state index >= 15 is 4.39 Å². The third-order valence-corrected chi connectivity index (χ3v) is 13.3. The van der Waals surface area contributed by atoms with E-state index in [2.05, 4.69) is 53.8 Å². The molecule has 12 heteroatoms. The van der Waals surface area contributed by atoms with Gasteiger partial charge in [-0.25, -0.2) is 4.39 Å². The van der Waals surface area contributed by atoms with E-state index in [1.54, 1.807) is 6.07 Å². The number of hydrogen-bond donors (Lipinski definition) is 1. The van der Waals surface area contributed by atoms with E-state index in [1.165, 1.54) is 12.1 Å². The standard InChI is InChI=1S/C47H56FN5O6/c1-29-21-35(22-30(2)38(29)26-49)59-45-46(3,4)43(47(45,5)6)25-41(55)31-7-9-32(10-8-31)53-19-20-58-36(28-53)27-51-15-17-52(18-16-51)33-11-13-37(39(48)23-33)44(57)50-40-14-12-34(54)24-42(40)56/h7-11,13,21-23,36,40,43,45H,12,14-20,24-25,27-28H2,1-6H3,(H,50,57)/t36-,40-,43?,45?/m1/s1. The number of piperazine rings is 1. The van der Waals surface area contributed by atoms with Gasteiger partial charge >= 0.3 is 0 Å². The van der Waals surface area contributed by atoms with Gasteiger partial charge in [0.05, 0.1) is 42.4 Å². The van der Waals surface area contributed by atoms with Gasteiger partial charge in [0.2, 0.25) is 0 Å². The SMILES string of the molecule is Cc1cc(OC2C(C)(C)C(CC(=O)c3ccc(N4CCO[C@H](CN5CCN(c6ccc(C(=O)N[C@@H]7CCC(=O)CC7=O)c(F)c6)CC5)C4)cc3)C2(C)C)cc(C)c1C#N. The average Bonchev–Trinajstić information content (AvgIpc) is 3.20. The highest BCUT2D eigenvalue weighted by molar-refractivity contribution is 6.06. The number of amides is 1. The topological polar surface area (TPSA) is 132 Å². The largest absolute Gasteiger partial charge is 0.489 e. The lowest BCUT2D eigenvalue weighted by Crippen LogP contribution is -2.66. The van der Waals surface area contributed by atoms with Gasteiger partial charge in [0, 0.05) is 86.4 Å². The molecule has 3 aromatic carbocycles. The summed E-state index contributed by atoms with van der Waals surface area (Å²) in [4.78, 5) is 56.9. The Labute approximate surface area is 346 Å². The van der Waals surface area contributed by atoms with Crippen LogP contribution >= 0.6 is 0 Å². The molecule has 1 amide bonds. The molecule has 2 heterocycles. The number of nitriles is 1. The fourth-order valence-corrected chi connectivity index (χ4v) is 10.2. The maximum absolute atomic E-state index is 15.1. The lowest BCUT2D eigenvalue weighted by atomic mass is 9.44. The quantitative estimate of drug-likeness (QED) is 0.170. The molecule has 3 aromatic rings. The van der Waals surface area contributed by atoms with E-state index in [0.29, 0.717) is 42.9 Å². The maximum atomic E-state index is 15.1. The van der Waals surface area contributed by atoms with Gasteiger partial charge in [0.15, 0.2) is 11.6 Å². The normalized spacial score (nSPS) is 24.2. The predicted octanol–water partition coefficient (Wildman–Crippen LogP) is 6.46. The Kier molecular flexibility index (Phi) is 12.0. The molecule has 2 aliphatic heterocycles. The van der Waals surface area contributed by atoms with E-state index < -0.39 is 17.8 Å². The van der Waals surface area contributed by atoms with Crippen molar-refractivity contribution < 1.29 is 33.0 Å². The van der Waals surface area contributed by atoms with Gasteiger partial charge in [-0.2, -0.15) is 5.26 Å². The number of ether oxygens (including phenoxy) is 2. The number of nitrogens with one attached hydrogen (secondary N) is 1. The molecule has 59 heavy (non-hydrogen) atoms. The molecule has 312 valence electrons. The van der Waals surface area contributed by atoms with Crippen molar-refractivity contribution in [1.29, 1.82) is 5.26 Å². The fourth-order valence-electron chi connectivity index (χ4n) is 10.2. The molecule has 0 bridgehead atoms. The fraction of sp³-hybridized carbons (Fsp3) is 0.511. The number of halogens is 1. The van der Waals surface area contributed by atoms with Crippen molar-refractivity contribution in [3.05, 3.63) is 88.2 Å². The molecular weight excluding hydrogens is 750 g/mol. The molecular formula is C47H56FN5O6. The van der Waals surface area contributed by atoms with Crippen LogP contribution in [0.4, 0.5) is 15.8 Å². The Morgan fingerprint density at radius 1 is 0.915 bits per heavy atom. The number of anilines is 2. The first-order valence-corrected chi connectivity index (χ1v) is 20.8. The zero-order valence-corrected chi connectivity index (χ0v) is 35.1. The Morgan fingerprint density at radius 2 is 1.58 bits per heavy atom.